The number of hydrogen-bond donors (Lipinski definition) is 1. The zero-order chi connectivity index (χ0) is 14.3. The summed E-state index contributed by atoms with van der Waals surface area (Å²) in [6.07, 6.45) is 2.70. The average Bonchev–Trinajstić information content (AvgIpc) is 2.71. The van der Waals surface area contributed by atoms with Crippen molar-refractivity contribution in [2.24, 2.45) is 5.73 Å². The highest BCUT2D eigenvalue weighted by molar-refractivity contribution is 6.04. The molecule has 0 radical (unpaired) electrons. The maximum atomic E-state index is 12.3. The van der Waals surface area contributed by atoms with Crippen LogP contribution in [0.15, 0.2) is 18.2 Å². The summed E-state index contributed by atoms with van der Waals surface area (Å²) >= 11 is 0. The quantitative estimate of drug-likeness (QED) is 0.930. The van der Waals surface area contributed by atoms with E-state index in [4.69, 9.17) is 5.73 Å². The number of carbonyl (C=O) groups excluding carboxylic acids is 2. The third-order valence-corrected chi connectivity index (χ3v) is 4.00. The predicted molar refractivity (Wildman–Crippen MR) is 77.8 cm³/mol. The SMILES string of the molecule is Cc1ccc2c(c1)c1c(n2CCC(N)=O)C(=O)CCC1. The minimum absolute atomic E-state index is 0.185. The topological polar surface area (TPSA) is 65.1 Å². The van der Waals surface area contributed by atoms with Crippen molar-refractivity contribution in [2.75, 3.05) is 0 Å². The number of fused-ring (bicyclic) bond motifs is 3. The van der Waals surface area contributed by atoms with Crippen molar-refractivity contribution in [1.82, 2.24) is 4.57 Å². The first-order valence-electron chi connectivity index (χ1n) is 7.01. The highest BCUT2D eigenvalue weighted by atomic mass is 16.1. The second-order valence-corrected chi connectivity index (χ2v) is 5.49. The number of amides is 1. The third-order valence-electron chi connectivity index (χ3n) is 4.00. The molecule has 1 aliphatic rings. The molecule has 104 valence electrons. The number of primary amides is 1. The lowest BCUT2D eigenvalue weighted by Crippen LogP contribution is -2.19. The van der Waals surface area contributed by atoms with Crippen molar-refractivity contribution in [3.8, 4) is 0 Å². The van der Waals surface area contributed by atoms with Gasteiger partial charge >= 0.3 is 0 Å². The van der Waals surface area contributed by atoms with E-state index in [1.165, 1.54) is 5.56 Å². The van der Waals surface area contributed by atoms with Crippen LogP contribution in [-0.4, -0.2) is 16.3 Å². The zero-order valence-electron chi connectivity index (χ0n) is 11.6. The minimum atomic E-state index is -0.337. The molecule has 0 spiro atoms. The Balaban J connectivity index is 2.22. The van der Waals surface area contributed by atoms with Gasteiger partial charge < -0.3 is 10.3 Å². The highest BCUT2D eigenvalue weighted by Gasteiger charge is 2.25. The molecule has 0 saturated carbocycles. The average molecular weight is 270 g/mol. The summed E-state index contributed by atoms with van der Waals surface area (Å²) in [5.41, 5.74) is 9.41. The smallest absolute Gasteiger partial charge is 0.219 e. The molecule has 20 heavy (non-hydrogen) atoms. The van der Waals surface area contributed by atoms with Gasteiger partial charge in [0.1, 0.15) is 0 Å². The lowest BCUT2D eigenvalue weighted by Gasteiger charge is -2.14. The summed E-state index contributed by atoms with van der Waals surface area (Å²) in [4.78, 5) is 23.3. The Labute approximate surface area is 117 Å². The number of Topliss-reactive ketones (excluding diaryl/α,β-unsaturated/α-hetero) is 1. The van der Waals surface area contributed by atoms with Crippen LogP contribution in [0.2, 0.25) is 0 Å². The maximum absolute atomic E-state index is 12.3. The molecule has 2 N–H and O–H groups in total. The van der Waals surface area contributed by atoms with Crippen molar-refractivity contribution in [3.05, 3.63) is 35.0 Å². The Morgan fingerprint density at radius 1 is 1.35 bits per heavy atom. The van der Waals surface area contributed by atoms with Crippen LogP contribution in [0.1, 0.15) is 40.9 Å². The number of aromatic nitrogens is 1. The minimum Gasteiger partial charge on any atom is -0.370 e. The van der Waals surface area contributed by atoms with E-state index in [0.717, 1.165) is 35.0 Å². The molecule has 1 aliphatic carbocycles. The number of nitrogens with two attached hydrogens (primary N) is 1. The summed E-state index contributed by atoms with van der Waals surface area (Å²) in [7, 11) is 0. The predicted octanol–water partition coefficient (Wildman–Crippen LogP) is 2.34. The molecule has 0 atom stereocenters. The lowest BCUT2D eigenvalue weighted by molar-refractivity contribution is -0.118. The second kappa shape index (κ2) is 4.78. The summed E-state index contributed by atoms with van der Waals surface area (Å²) in [6, 6.07) is 6.21. The standard InChI is InChI=1S/C16H18N2O2/c1-10-5-6-13-12(9-10)11-3-2-4-14(19)16(11)18(13)8-7-15(17)20/h5-6,9H,2-4,7-8H2,1H3,(H2,17,20). The van der Waals surface area contributed by atoms with Crippen LogP contribution < -0.4 is 5.73 Å². The molecule has 4 heteroatoms. The van der Waals surface area contributed by atoms with Crippen molar-refractivity contribution < 1.29 is 9.59 Å². The molecular formula is C16H18N2O2. The van der Waals surface area contributed by atoms with Crippen molar-refractivity contribution in [2.45, 2.75) is 39.2 Å². The molecule has 1 aromatic carbocycles. The molecule has 1 heterocycles. The van der Waals surface area contributed by atoms with Crippen LogP contribution in [0.25, 0.3) is 10.9 Å². The molecule has 0 saturated heterocycles. The summed E-state index contributed by atoms with van der Waals surface area (Å²) in [5, 5.41) is 1.15. The number of benzene rings is 1. The van der Waals surface area contributed by atoms with E-state index in [9.17, 15) is 9.59 Å². The summed E-state index contributed by atoms with van der Waals surface area (Å²) in [6.45, 7) is 2.53. The van der Waals surface area contributed by atoms with E-state index in [2.05, 4.69) is 13.0 Å². The van der Waals surface area contributed by atoms with Crippen LogP contribution in [0.5, 0.6) is 0 Å². The number of rotatable bonds is 3. The molecule has 3 rings (SSSR count). The van der Waals surface area contributed by atoms with Crippen LogP contribution in [0, 0.1) is 6.92 Å². The van der Waals surface area contributed by atoms with Gasteiger partial charge in [-0.15, -0.1) is 0 Å². The molecule has 0 fully saturated rings. The van der Waals surface area contributed by atoms with Crippen molar-refractivity contribution in [1.29, 1.82) is 0 Å². The Bertz CT molecular complexity index is 713. The van der Waals surface area contributed by atoms with E-state index in [-0.39, 0.29) is 18.1 Å². The molecule has 2 aromatic rings. The molecule has 4 nitrogen and oxygen atoms in total. The van der Waals surface area contributed by atoms with Gasteiger partial charge in [0.25, 0.3) is 0 Å². The molecule has 1 amide bonds. The van der Waals surface area contributed by atoms with E-state index in [0.29, 0.717) is 13.0 Å². The Morgan fingerprint density at radius 3 is 2.90 bits per heavy atom. The largest absolute Gasteiger partial charge is 0.370 e. The van der Waals surface area contributed by atoms with E-state index >= 15 is 0 Å². The molecule has 1 aromatic heterocycles. The first-order valence-corrected chi connectivity index (χ1v) is 7.01. The van der Waals surface area contributed by atoms with Crippen LogP contribution in [-0.2, 0) is 17.8 Å². The fraction of sp³-hybridized carbons (Fsp3) is 0.375. The van der Waals surface area contributed by atoms with Gasteiger partial charge in [0.05, 0.1) is 5.69 Å². The van der Waals surface area contributed by atoms with Crippen LogP contribution >= 0.6 is 0 Å². The Morgan fingerprint density at radius 2 is 2.15 bits per heavy atom. The van der Waals surface area contributed by atoms with Crippen molar-refractivity contribution >= 4 is 22.6 Å². The van der Waals surface area contributed by atoms with Gasteiger partial charge in [0.15, 0.2) is 5.78 Å². The van der Waals surface area contributed by atoms with Gasteiger partial charge in [-0.25, -0.2) is 0 Å². The first-order chi connectivity index (χ1) is 9.58. The maximum Gasteiger partial charge on any atom is 0.219 e. The van der Waals surface area contributed by atoms with Crippen LogP contribution in [0.4, 0.5) is 0 Å². The van der Waals surface area contributed by atoms with E-state index in [1.807, 2.05) is 16.7 Å². The second-order valence-electron chi connectivity index (χ2n) is 5.49. The summed E-state index contributed by atoms with van der Waals surface area (Å²) in [5.74, 6) is -0.152. The molecule has 0 bridgehead atoms. The van der Waals surface area contributed by atoms with Gasteiger partial charge in [-0.1, -0.05) is 11.6 Å². The van der Waals surface area contributed by atoms with Crippen LogP contribution in [0.3, 0.4) is 0 Å². The molecular weight excluding hydrogens is 252 g/mol. The van der Waals surface area contributed by atoms with Crippen molar-refractivity contribution in [3.63, 3.8) is 0 Å². The fourth-order valence-electron chi connectivity index (χ4n) is 3.11. The first kappa shape index (κ1) is 12.9. The number of hydrogen-bond acceptors (Lipinski definition) is 2. The zero-order valence-corrected chi connectivity index (χ0v) is 11.6. The van der Waals surface area contributed by atoms with Gasteiger partial charge in [0, 0.05) is 30.3 Å². The molecule has 0 aliphatic heterocycles. The van der Waals surface area contributed by atoms with Gasteiger partial charge in [-0.05, 0) is 37.5 Å². The third kappa shape index (κ3) is 2.01. The van der Waals surface area contributed by atoms with Gasteiger partial charge in [-0.3, -0.25) is 9.59 Å². The number of carbonyl (C=O) groups is 2. The van der Waals surface area contributed by atoms with E-state index < -0.39 is 0 Å². The normalized spacial score (nSPS) is 14.6. The van der Waals surface area contributed by atoms with Gasteiger partial charge in [0.2, 0.25) is 5.91 Å². The highest BCUT2D eigenvalue weighted by Crippen LogP contribution is 2.32. The molecule has 0 unspecified atom stereocenters. The lowest BCUT2D eigenvalue weighted by atomic mass is 9.94. The number of nitrogens with zero attached hydrogens (tertiary/aromatic N) is 1. The Hall–Kier alpha value is -2.10. The monoisotopic (exact) mass is 270 g/mol. The number of aryl methyl sites for hydroxylation is 3. The van der Waals surface area contributed by atoms with E-state index in [1.54, 1.807) is 0 Å². The summed E-state index contributed by atoms with van der Waals surface area (Å²) < 4.78 is 1.98. The Kier molecular flexibility index (Phi) is 3.08. The fourth-order valence-corrected chi connectivity index (χ4v) is 3.11. The number of ketones is 1. The van der Waals surface area contributed by atoms with Gasteiger partial charge in [-0.2, -0.15) is 0 Å².